The highest BCUT2D eigenvalue weighted by Gasteiger charge is 2.22. The summed E-state index contributed by atoms with van der Waals surface area (Å²) in [5.74, 6) is 0.889. The van der Waals surface area contributed by atoms with Gasteiger partial charge in [0.1, 0.15) is 0 Å². The van der Waals surface area contributed by atoms with Crippen molar-refractivity contribution in [1.29, 1.82) is 0 Å². The quantitative estimate of drug-likeness (QED) is 0.669. The van der Waals surface area contributed by atoms with Gasteiger partial charge in [0.05, 0.1) is 5.69 Å². The van der Waals surface area contributed by atoms with Gasteiger partial charge >= 0.3 is 0 Å². The maximum Gasteiger partial charge on any atom is 0.225 e. The Balaban J connectivity index is 1.27. The number of piperidine rings is 1. The summed E-state index contributed by atoms with van der Waals surface area (Å²) in [6.07, 6.45) is 9.92. The lowest BCUT2D eigenvalue weighted by molar-refractivity contribution is 0.277. The molecule has 0 amide bonds. The molecular weight excluding hydrogens is 372 g/mol. The van der Waals surface area contributed by atoms with Crippen LogP contribution in [0.25, 0.3) is 11.3 Å². The average molecular weight is 403 g/mol. The number of benzene rings is 1. The molecule has 30 heavy (non-hydrogen) atoms. The second kappa shape index (κ2) is 8.56. The largest absolute Gasteiger partial charge is 0.341 e. The van der Waals surface area contributed by atoms with E-state index >= 15 is 0 Å². The zero-order valence-corrected chi connectivity index (χ0v) is 17.8. The van der Waals surface area contributed by atoms with E-state index in [1.807, 2.05) is 12.4 Å². The summed E-state index contributed by atoms with van der Waals surface area (Å²) in [6, 6.07) is 10.6. The van der Waals surface area contributed by atoms with E-state index in [4.69, 9.17) is 5.10 Å². The van der Waals surface area contributed by atoms with Crippen LogP contribution < -0.4 is 4.90 Å². The molecule has 2 aliphatic rings. The van der Waals surface area contributed by atoms with Crippen LogP contribution in [0, 0.1) is 0 Å². The van der Waals surface area contributed by atoms with E-state index in [0.717, 1.165) is 57.2 Å². The molecule has 0 N–H and O–H groups in total. The van der Waals surface area contributed by atoms with E-state index in [9.17, 15) is 0 Å². The molecule has 1 fully saturated rings. The maximum absolute atomic E-state index is 4.84. The van der Waals surface area contributed by atoms with Gasteiger partial charge in [0.25, 0.3) is 0 Å². The monoisotopic (exact) mass is 402 g/mol. The highest BCUT2D eigenvalue weighted by Crippen LogP contribution is 2.28. The summed E-state index contributed by atoms with van der Waals surface area (Å²) in [5, 5.41) is 4.84. The Kier molecular flexibility index (Phi) is 5.49. The van der Waals surface area contributed by atoms with E-state index in [1.165, 1.54) is 41.6 Å². The third kappa shape index (κ3) is 3.97. The molecule has 0 radical (unpaired) electrons. The first-order chi connectivity index (χ1) is 14.8. The molecule has 6 heteroatoms. The minimum absolute atomic E-state index is 0.889. The van der Waals surface area contributed by atoms with Crippen molar-refractivity contribution in [2.45, 2.75) is 38.6 Å². The standard InChI is InChI=1S/C24H30N6/c1-28-22-11-15-29(14-10-21(22)23(27-28)20-8-4-2-5-9-20)18-19-16-25-24(26-17-19)30-12-6-3-7-13-30/h2,4-5,8-9,16-17H,3,6-7,10-15,18H2,1H3. The van der Waals surface area contributed by atoms with Gasteiger partial charge in [-0.2, -0.15) is 5.10 Å². The van der Waals surface area contributed by atoms with Crippen LogP contribution in [0.3, 0.4) is 0 Å². The lowest BCUT2D eigenvalue weighted by atomic mass is 10.0. The number of hydrogen-bond donors (Lipinski definition) is 0. The molecule has 2 aromatic heterocycles. The van der Waals surface area contributed by atoms with Crippen molar-refractivity contribution in [1.82, 2.24) is 24.6 Å². The molecule has 156 valence electrons. The fraction of sp³-hybridized carbons (Fsp3) is 0.458. The molecule has 5 rings (SSSR count). The van der Waals surface area contributed by atoms with E-state index in [1.54, 1.807) is 0 Å². The van der Waals surface area contributed by atoms with Gasteiger partial charge in [-0.25, -0.2) is 9.97 Å². The summed E-state index contributed by atoms with van der Waals surface area (Å²) < 4.78 is 2.08. The molecule has 3 aromatic rings. The second-order valence-corrected chi connectivity index (χ2v) is 8.48. The van der Waals surface area contributed by atoms with Crippen LogP contribution in [0.5, 0.6) is 0 Å². The minimum atomic E-state index is 0.889. The van der Waals surface area contributed by atoms with Crippen LogP contribution in [-0.2, 0) is 26.4 Å². The van der Waals surface area contributed by atoms with Crippen molar-refractivity contribution in [3.8, 4) is 11.3 Å². The lowest BCUT2D eigenvalue weighted by Crippen LogP contribution is -2.31. The van der Waals surface area contributed by atoms with Gasteiger partial charge in [0.15, 0.2) is 0 Å². The normalized spacial score (nSPS) is 17.6. The van der Waals surface area contributed by atoms with Gasteiger partial charge < -0.3 is 4.90 Å². The van der Waals surface area contributed by atoms with Crippen LogP contribution >= 0.6 is 0 Å². The molecule has 1 saturated heterocycles. The molecule has 0 saturated carbocycles. The average Bonchev–Trinajstić information content (AvgIpc) is 2.97. The number of aryl methyl sites for hydroxylation is 1. The summed E-state index contributed by atoms with van der Waals surface area (Å²) in [7, 11) is 2.08. The van der Waals surface area contributed by atoms with Gasteiger partial charge in [-0.05, 0) is 25.7 Å². The molecule has 0 bridgehead atoms. The summed E-state index contributed by atoms with van der Waals surface area (Å²) in [6.45, 7) is 5.15. The summed E-state index contributed by atoms with van der Waals surface area (Å²) in [4.78, 5) is 14.2. The van der Waals surface area contributed by atoms with Crippen molar-refractivity contribution < 1.29 is 0 Å². The highest BCUT2D eigenvalue weighted by atomic mass is 15.3. The Bertz CT molecular complexity index is 973. The molecule has 2 aliphatic heterocycles. The SMILES string of the molecule is Cn1nc(-c2ccccc2)c2c1CCN(Cc1cnc(N3CCCCC3)nc1)CC2. The van der Waals surface area contributed by atoms with Gasteiger partial charge in [-0.3, -0.25) is 9.58 Å². The zero-order valence-electron chi connectivity index (χ0n) is 17.8. The van der Waals surface area contributed by atoms with Gasteiger partial charge in [0.2, 0.25) is 5.95 Å². The Labute approximate surface area is 178 Å². The highest BCUT2D eigenvalue weighted by molar-refractivity contribution is 5.64. The Hall–Kier alpha value is -2.73. The predicted octanol–water partition coefficient (Wildman–Crippen LogP) is 3.47. The maximum atomic E-state index is 4.84. The molecule has 0 atom stereocenters. The topological polar surface area (TPSA) is 50.1 Å². The van der Waals surface area contributed by atoms with Crippen LogP contribution in [0.2, 0.25) is 0 Å². The number of rotatable bonds is 4. The number of aromatic nitrogens is 4. The number of nitrogens with zero attached hydrogens (tertiary/aromatic N) is 6. The number of anilines is 1. The van der Waals surface area contributed by atoms with Crippen LogP contribution in [0.1, 0.15) is 36.1 Å². The van der Waals surface area contributed by atoms with Crippen LogP contribution in [-0.4, -0.2) is 50.8 Å². The third-order valence-electron chi connectivity index (χ3n) is 6.40. The molecule has 0 unspecified atom stereocenters. The minimum Gasteiger partial charge on any atom is -0.341 e. The van der Waals surface area contributed by atoms with E-state index in [2.05, 4.69) is 61.8 Å². The van der Waals surface area contributed by atoms with E-state index in [-0.39, 0.29) is 0 Å². The smallest absolute Gasteiger partial charge is 0.225 e. The Morgan fingerprint density at radius 1 is 0.867 bits per heavy atom. The second-order valence-electron chi connectivity index (χ2n) is 8.48. The van der Waals surface area contributed by atoms with Gasteiger partial charge in [-0.15, -0.1) is 0 Å². The Morgan fingerprint density at radius 3 is 2.37 bits per heavy atom. The summed E-state index contributed by atoms with van der Waals surface area (Å²) >= 11 is 0. The van der Waals surface area contributed by atoms with Crippen LogP contribution in [0.4, 0.5) is 5.95 Å². The molecular formula is C24H30N6. The first-order valence-corrected chi connectivity index (χ1v) is 11.2. The van der Waals surface area contributed by atoms with Crippen molar-refractivity contribution in [3.63, 3.8) is 0 Å². The summed E-state index contributed by atoms with van der Waals surface area (Å²) in [5.41, 5.74) is 6.33. The van der Waals surface area contributed by atoms with Crippen molar-refractivity contribution in [2.24, 2.45) is 7.05 Å². The molecule has 6 nitrogen and oxygen atoms in total. The first-order valence-electron chi connectivity index (χ1n) is 11.2. The fourth-order valence-electron chi connectivity index (χ4n) is 4.75. The van der Waals surface area contributed by atoms with Crippen molar-refractivity contribution in [2.75, 3.05) is 31.1 Å². The van der Waals surface area contributed by atoms with Crippen molar-refractivity contribution in [3.05, 3.63) is 59.5 Å². The van der Waals surface area contributed by atoms with E-state index in [0.29, 0.717) is 0 Å². The van der Waals surface area contributed by atoms with Gasteiger partial charge in [0, 0.05) is 81.0 Å². The predicted molar refractivity (Wildman–Crippen MR) is 119 cm³/mol. The fourth-order valence-corrected chi connectivity index (χ4v) is 4.75. The molecule has 0 spiro atoms. The Morgan fingerprint density at radius 2 is 1.60 bits per heavy atom. The van der Waals surface area contributed by atoms with Crippen molar-refractivity contribution >= 4 is 5.95 Å². The molecule has 4 heterocycles. The van der Waals surface area contributed by atoms with E-state index < -0.39 is 0 Å². The first kappa shape index (κ1) is 19.2. The number of hydrogen-bond acceptors (Lipinski definition) is 5. The number of fused-ring (bicyclic) bond motifs is 1. The molecule has 0 aliphatic carbocycles. The van der Waals surface area contributed by atoms with Gasteiger partial charge in [-0.1, -0.05) is 30.3 Å². The third-order valence-corrected chi connectivity index (χ3v) is 6.40. The van der Waals surface area contributed by atoms with Crippen LogP contribution in [0.15, 0.2) is 42.7 Å². The lowest BCUT2D eigenvalue weighted by Gasteiger charge is -2.26. The molecule has 1 aromatic carbocycles. The zero-order chi connectivity index (χ0) is 20.3.